The number of aromatic nitrogens is 1. The number of carbonyl (C=O) groups excluding carboxylic acids is 1. The molecule has 0 aliphatic heterocycles. The lowest BCUT2D eigenvalue weighted by Crippen LogP contribution is -2.36. The molecule has 0 bridgehead atoms. The Labute approximate surface area is 195 Å². The molecule has 0 spiro atoms. The Balaban J connectivity index is 2.24. The number of nitrogens with two attached hydrogens (primary N) is 1. The summed E-state index contributed by atoms with van der Waals surface area (Å²) in [6.45, 7) is 4.66. The van der Waals surface area contributed by atoms with Crippen molar-refractivity contribution >= 4 is 28.5 Å². The third kappa shape index (κ3) is 6.89. The SMILES string of the molecule is C#C[C@H](C)Oc1cnc(C(=O)Nc2ccc(F)c(C[C@@](C)(S/C(N)=N\C)C(F)F)c2)c(C)c1. The van der Waals surface area contributed by atoms with Crippen molar-refractivity contribution in [1.29, 1.82) is 0 Å². The lowest BCUT2D eigenvalue weighted by atomic mass is 9.99. The zero-order valence-corrected chi connectivity index (χ0v) is 19.5. The molecule has 0 radical (unpaired) electrons. The van der Waals surface area contributed by atoms with E-state index >= 15 is 0 Å². The van der Waals surface area contributed by atoms with Crippen molar-refractivity contribution < 1.29 is 22.7 Å². The first-order valence-electron chi connectivity index (χ1n) is 9.87. The molecule has 10 heteroatoms. The molecule has 3 N–H and O–H groups in total. The van der Waals surface area contributed by atoms with Crippen LogP contribution in [0, 0.1) is 25.1 Å². The van der Waals surface area contributed by atoms with Crippen LogP contribution >= 0.6 is 11.8 Å². The van der Waals surface area contributed by atoms with E-state index in [-0.39, 0.29) is 28.5 Å². The van der Waals surface area contributed by atoms with E-state index in [2.05, 4.69) is 21.2 Å². The number of benzene rings is 1. The lowest BCUT2D eigenvalue weighted by molar-refractivity contribution is 0.102. The zero-order valence-electron chi connectivity index (χ0n) is 18.7. The molecule has 0 unspecified atom stereocenters. The molecular weight excluding hydrogens is 453 g/mol. The number of nitrogens with one attached hydrogen (secondary N) is 1. The van der Waals surface area contributed by atoms with Gasteiger partial charge in [-0.25, -0.2) is 18.2 Å². The molecule has 0 saturated carbocycles. The highest BCUT2D eigenvalue weighted by molar-refractivity contribution is 8.15. The van der Waals surface area contributed by atoms with E-state index in [1.54, 1.807) is 19.9 Å². The minimum atomic E-state index is -2.80. The van der Waals surface area contributed by atoms with Crippen LogP contribution in [0.4, 0.5) is 18.9 Å². The van der Waals surface area contributed by atoms with Gasteiger partial charge in [0, 0.05) is 12.7 Å². The van der Waals surface area contributed by atoms with Crippen molar-refractivity contribution in [2.24, 2.45) is 10.7 Å². The number of terminal acetylenes is 1. The van der Waals surface area contributed by atoms with Crippen LogP contribution in [-0.2, 0) is 6.42 Å². The van der Waals surface area contributed by atoms with Gasteiger partial charge in [0.2, 0.25) is 0 Å². The third-order valence-corrected chi connectivity index (χ3v) is 5.86. The molecule has 2 rings (SSSR count). The van der Waals surface area contributed by atoms with E-state index in [4.69, 9.17) is 16.9 Å². The van der Waals surface area contributed by atoms with Crippen LogP contribution in [0.1, 0.15) is 35.5 Å². The van der Waals surface area contributed by atoms with Gasteiger partial charge >= 0.3 is 0 Å². The molecule has 0 aliphatic rings. The number of rotatable bonds is 8. The number of anilines is 1. The lowest BCUT2D eigenvalue weighted by Gasteiger charge is -2.28. The number of amides is 1. The number of hydrogen-bond donors (Lipinski definition) is 2. The Kier molecular flexibility index (Phi) is 8.76. The number of amidine groups is 1. The predicted molar refractivity (Wildman–Crippen MR) is 126 cm³/mol. The number of carbonyl (C=O) groups is 1. The number of hydrogen-bond acceptors (Lipinski definition) is 5. The van der Waals surface area contributed by atoms with Gasteiger partial charge in [-0.3, -0.25) is 9.79 Å². The number of nitrogens with zero attached hydrogens (tertiary/aromatic N) is 2. The second-order valence-electron chi connectivity index (χ2n) is 7.48. The third-order valence-electron chi connectivity index (χ3n) is 4.68. The van der Waals surface area contributed by atoms with E-state index in [9.17, 15) is 18.0 Å². The molecule has 1 amide bonds. The molecule has 6 nitrogen and oxygen atoms in total. The molecule has 176 valence electrons. The van der Waals surface area contributed by atoms with Gasteiger partial charge in [0.1, 0.15) is 17.3 Å². The van der Waals surface area contributed by atoms with Crippen LogP contribution in [0.2, 0.25) is 0 Å². The summed E-state index contributed by atoms with van der Waals surface area (Å²) in [6.07, 6.45) is 3.07. The van der Waals surface area contributed by atoms with Gasteiger partial charge in [-0.2, -0.15) is 0 Å². The summed E-state index contributed by atoms with van der Waals surface area (Å²) in [6, 6.07) is 5.38. The van der Waals surface area contributed by atoms with Crippen molar-refractivity contribution in [3.8, 4) is 18.1 Å². The van der Waals surface area contributed by atoms with Gasteiger partial charge in [-0.05, 0) is 62.6 Å². The van der Waals surface area contributed by atoms with E-state index in [0.29, 0.717) is 23.1 Å². The van der Waals surface area contributed by atoms with Crippen LogP contribution in [0.25, 0.3) is 0 Å². The fraction of sp³-hybridized carbons (Fsp3) is 0.348. The summed E-state index contributed by atoms with van der Waals surface area (Å²) in [5, 5.41) is 2.59. The summed E-state index contributed by atoms with van der Waals surface area (Å²) < 4.78 is 45.7. The first-order valence-corrected chi connectivity index (χ1v) is 10.7. The van der Waals surface area contributed by atoms with Gasteiger partial charge in [-0.1, -0.05) is 17.7 Å². The molecule has 2 aromatic rings. The van der Waals surface area contributed by atoms with Gasteiger partial charge in [0.25, 0.3) is 12.3 Å². The molecule has 1 heterocycles. The van der Waals surface area contributed by atoms with Crippen LogP contribution in [0.3, 0.4) is 0 Å². The number of thioether (sulfide) groups is 1. The predicted octanol–water partition coefficient (Wildman–Crippen LogP) is 4.43. The smallest absolute Gasteiger partial charge is 0.274 e. The van der Waals surface area contributed by atoms with Crippen LogP contribution in [-0.4, -0.2) is 40.4 Å². The summed E-state index contributed by atoms with van der Waals surface area (Å²) >= 11 is 0.674. The normalized spacial score (nSPS) is 14.3. The Bertz CT molecular complexity index is 1090. The Morgan fingerprint density at radius 1 is 1.42 bits per heavy atom. The van der Waals surface area contributed by atoms with Gasteiger partial charge in [0.05, 0.1) is 10.9 Å². The van der Waals surface area contributed by atoms with Crippen molar-refractivity contribution in [3.63, 3.8) is 0 Å². The number of aliphatic imine (C=N–C) groups is 1. The number of halogens is 3. The summed E-state index contributed by atoms with van der Waals surface area (Å²) in [4.78, 5) is 20.5. The molecule has 0 fully saturated rings. The average molecular weight is 479 g/mol. The average Bonchev–Trinajstić information content (AvgIpc) is 2.75. The number of pyridine rings is 1. The van der Waals surface area contributed by atoms with Gasteiger partial charge < -0.3 is 15.8 Å². The monoisotopic (exact) mass is 478 g/mol. The minimum Gasteiger partial charge on any atom is -0.476 e. The van der Waals surface area contributed by atoms with Crippen molar-refractivity contribution in [3.05, 3.63) is 53.1 Å². The first kappa shape index (κ1) is 26.1. The summed E-state index contributed by atoms with van der Waals surface area (Å²) in [5.74, 6) is 1.62. The molecule has 2 atom stereocenters. The molecule has 33 heavy (non-hydrogen) atoms. The number of ether oxygens (including phenoxy) is 1. The second-order valence-corrected chi connectivity index (χ2v) is 9.03. The number of alkyl halides is 2. The highest BCUT2D eigenvalue weighted by Crippen LogP contribution is 2.36. The summed E-state index contributed by atoms with van der Waals surface area (Å²) in [7, 11) is 1.38. The largest absolute Gasteiger partial charge is 0.476 e. The fourth-order valence-corrected chi connectivity index (χ4v) is 3.77. The van der Waals surface area contributed by atoms with Crippen molar-refractivity contribution in [2.45, 2.75) is 44.5 Å². The van der Waals surface area contributed by atoms with E-state index in [1.807, 2.05) is 0 Å². The molecular formula is C23H25F3N4O2S. The Hall–Kier alpha value is -3.19. The molecule has 1 aromatic heterocycles. The minimum absolute atomic E-state index is 0.00343. The zero-order chi connectivity index (χ0) is 24.8. The van der Waals surface area contributed by atoms with Crippen molar-refractivity contribution in [1.82, 2.24) is 4.98 Å². The Morgan fingerprint density at radius 3 is 2.70 bits per heavy atom. The van der Waals surface area contributed by atoms with Gasteiger partial charge in [-0.15, -0.1) is 6.42 Å². The first-order chi connectivity index (χ1) is 15.5. The van der Waals surface area contributed by atoms with Crippen LogP contribution in [0.5, 0.6) is 5.75 Å². The maximum Gasteiger partial charge on any atom is 0.274 e. The quantitative estimate of drug-likeness (QED) is 0.333. The van der Waals surface area contributed by atoms with Crippen LogP contribution in [0.15, 0.2) is 35.5 Å². The standard InChI is InChI=1S/C23H25F3N4O2S/c1-6-14(3)32-17-9-13(2)19(29-12-17)20(31)30-16-7-8-18(24)15(10-16)11-23(4,21(25)26)33-22(27)28-5/h1,7-10,12,14,21H,11H2,2-5H3,(H2,27,28)(H,30,31)/t14-,23+/m0/s1. The maximum absolute atomic E-state index is 14.4. The van der Waals surface area contributed by atoms with Crippen molar-refractivity contribution in [2.75, 3.05) is 12.4 Å². The van der Waals surface area contributed by atoms with E-state index < -0.39 is 29.0 Å². The topological polar surface area (TPSA) is 89.6 Å². The highest BCUT2D eigenvalue weighted by atomic mass is 32.2. The fourth-order valence-electron chi connectivity index (χ4n) is 2.89. The molecule has 0 aliphatic carbocycles. The highest BCUT2D eigenvalue weighted by Gasteiger charge is 2.38. The molecule has 1 aromatic carbocycles. The van der Waals surface area contributed by atoms with Gasteiger partial charge in [0.15, 0.2) is 11.3 Å². The summed E-state index contributed by atoms with van der Waals surface area (Å²) in [5.41, 5.74) is 6.51. The maximum atomic E-state index is 14.4. The number of aryl methyl sites for hydroxylation is 1. The second kappa shape index (κ2) is 11.1. The van der Waals surface area contributed by atoms with Crippen LogP contribution < -0.4 is 15.8 Å². The Morgan fingerprint density at radius 2 is 2.12 bits per heavy atom. The molecule has 0 saturated heterocycles. The van der Waals surface area contributed by atoms with E-state index in [0.717, 1.165) is 6.07 Å². The van der Waals surface area contributed by atoms with E-state index in [1.165, 1.54) is 32.3 Å².